The lowest BCUT2D eigenvalue weighted by molar-refractivity contribution is 0.166. The minimum absolute atomic E-state index is 0. The number of piperazine rings is 1. The number of halogens is 3. The summed E-state index contributed by atoms with van der Waals surface area (Å²) >= 11 is 5.55. The van der Waals surface area contributed by atoms with Crippen molar-refractivity contribution in [2.45, 2.75) is 25.8 Å². The van der Waals surface area contributed by atoms with Crippen molar-refractivity contribution >= 4 is 52.1 Å². The summed E-state index contributed by atoms with van der Waals surface area (Å²) in [4.78, 5) is 4.13. The van der Waals surface area contributed by atoms with Crippen LogP contribution >= 0.6 is 52.1 Å². The van der Waals surface area contributed by atoms with E-state index in [9.17, 15) is 0 Å². The van der Waals surface area contributed by atoms with Crippen LogP contribution in [0, 0.1) is 0 Å². The number of rotatable bonds is 4. The second-order valence-corrected chi connectivity index (χ2v) is 6.03. The first-order valence-electron chi connectivity index (χ1n) is 6.00. The van der Waals surface area contributed by atoms with Gasteiger partial charge in [-0.15, -0.1) is 36.2 Å². The van der Waals surface area contributed by atoms with Gasteiger partial charge in [0.1, 0.15) is 0 Å². The Labute approximate surface area is 134 Å². The van der Waals surface area contributed by atoms with Crippen LogP contribution in [0.2, 0.25) is 0 Å². The lowest BCUT2D eigenvalue weighted by atomic mass is 10.1. The van der Waals surface area contributed by atoms with E-state index in [1.807, 2.05) is 11.3 Å². The van der Waals surface area contributed by atoms with Crippen LogP contribution in [0.25, 0.3) is 0 Å². The van der Waals surface area contributed by atoms with Gasteiger partial charge in [-0.05, 0) is 33.8 Å². The average Bonchev–Trinajstić information content (AvgIpc) is 2.73. The fraction of sp³-hybridized carbons (Fsp3) is 0.667. The summed E-state index contributed by atoms with van der Waals surface area (Å²) < 4.78 is 1.29. The third kappa shape index (κ3) is 4.66. The van der Waals surface area contributed by atoms with E-state index in [2.05, 4.69) is 44.5 Å². The number of thiophene rings is 1. The van der Waals surface area contributed by atoms with Gasteiger partial charge in [0.2, 0.25) is 0 Å². The average molecular weight is 376 g/mol. The molecule has 1 fully saturated rings. The Kier molecular flexibility index (Phi) is 9.92. The summed E-state index contributed by atoms with van der Waals surface area (Å²) in [5, 5.41) is 5.61. The van der Waals surface area contributed by atoms with Crippen LogP contribution in [0.15, 0.2) is 15.9 Å². The molecule has 1 saturated heterocycles. The molecule has 0 radical (unpaired) electrons. The molecule has 6 heteroatoms. The summed E-state index contributed by atoms with van der Waals surface area (Å²) in [6.07, 6.45) is 2.51. The van der Waals surface area contributed by atoms with Crippen molar-refractivity contribution in [3.05, 3.63) is 20.8 Å². The van der Waals surface area contributed by atoms with Gasteiger partial charge in [-0.3, -0.25) is 4.90 Å². The Balaban J connectivity index is 0.00000144. The van der Waals surface area contributed by atoms with E-state index < -0.39 is 0 Å². The molecule has 1 atom stereocenters. The Bertz CT molecular complexity index is 330. The molecule has 1 aliphatic rings. The van der Waals surface area contributed by atoms with Gasteiger partial charge in [0.15, 0.2) is 0 Å². The lowest BCUT2D eigenvalue weighted by Crippen LogP contribution is -2.45. The zero-order valence-electron chi connectivity index (χ0n) is 10.5. The number of hydrogen-bond acceptors (Lipinski definition) is 3. The first-order valence-corrected chi connectivity index (χ1v) is 7.68. The Morgan fingerprint density at radius 3 is 2.56 bits per heavy atom. The molecule has 2 rings (SSSR count). The van der Waals surface area contributed by atoms with Crippen LogP contribution in [0.5, 0.6) is 0 Å². The summed E-state index contributed by atoms with van der Waals surface area (Å²) in [6, 6.07) is 2.78. The van der Waals surface area contributed by atoms with Gasteiger partial charge < -0.3 is 5.32 Å². The molecule has 0 unspecified atom stereocenters. The van der Waals surface area contributed by atoms with Gasteiger partial charge in [0.25, 0.3) is 0 Å². The fourth-order valence-electron chi connectivity index (χ4n) is 2.29. The third-order valence-corrected chi connectivity index (χ3v) is 5.07. The number of hydrogen-bond donors (Lipinski definition) is 1. The summed E-state index contributed by atoms with van der Waals surface area (Å²) in [5.41, 5.74) is 0. The van der Waals surface area contributed by atoms with Crippen LogP contribution in [0.4, 0.5) is 0 Å². The van der Waals surface area contributed by atoms with Gasteiger partial charge in [-0.25, -0.2) is 0 Å². The van der Waals surface area contributed by atoms with E-state index in [-0.39, 0.29) is 24.8 Å². The van der Waals surface area contributed by atoms with E-state index in [0.717, 1.165) is 13.1 Å². The monoisotopic (exact) mass is 374 g/mol. The predicted molar refractivity (Wildman–Crippen MR) is 88.6 cm³/mol. The second-order valence-electron chi connectivity index (χ2n) is 4.22. The van der Waals surface area contributed by atoms with Crippen molar-refractivity contribution in [1.82, 2.24) is 10.2 Å². The highest BCUT2D eigenvalue weighted by atomic mass is 79.9. The molecule has 1 aromatic rings. The molecule has 0 bridgehead atoms. The first-order chi connectivity index (χ1) is 7.83. The standard InChI is InChI=1S/C12H19BrN2S.2ClH/c1-2-3-11(12-10(13)4-9-16-12)15-7-5-14-6-8-15;;/h4,9,11,14H,2-3,5-8H2,1H3;2*1H/t11-;;/m0../s1. The van der Waals surface area contributed by atoms with Crippen molar-refractivity contribution in [2.75, 3.05) is 26.2 Å². The van der Waals surface area contributed by atoms with Crippen LogP contribution in [-0.4, -0.2) is 31.1 Å². The van der Waals surface area contributed by atoms with Gasteiger partial charge in [-0.2, -0.15) is 0 Å². The van der Waals surface area contributed by atoms with E-state index >= 15 is 0 Å². The smallest absolute Gasteiger partial charge is 0.0453 e. The fourth-order valence-corrected chi connectivity index (χ4v) is 4.10. The van der Waals surface area contributed by atoms with Gasteiger partial charge in [0.05, 0.1) is 0 Å². The minimum atomic E-state index is 0. The van der Waals surface area contributed by atoms with Gasteiger partial charge >= 0.3 is 0 Å². The van der Waals surface area contributed by atoms with Crippen LogP contribution in [0.1, 0.15) is 30.7 Å². The van der Waals surface area contributed by atoms with Crippen molar-refractivity contribution in [3.8, 4) is 0 Å². The molecule has 0 saturated carbocycles. The Morgan fingerprint density at radius 2 is 2.06 bits per heavy atom. The molecule has 1 aliphatic heterocycles. The molecule has 106 valence electrons. The van der Waals surface area contributed by atoms with E-state index in [4.69, 9.17) is 0 Å². The molecule has 1 aromatic heterocycles. The van der Waals surface area contributed by atoms with Crippen molar-refractivity contribution in [2.24, 2.45) is 0 Å². The molecule has 0 aliphatic carbocycles. The summed E-state index contributed by atoms with van der Waals surface area (Å²) in [5.74, 6) is 0. The van der Waals surface area contributed by atoms with Crippen LogP contribution in [-0.2, 0) is 0 Å². The first kappa shape index (κ1) is 18.7. The number of nitrogens with zero attached hydrogens (tertiary/aromatic N) is 1. The molecule has 2 heterocycles. The predicted octanol–water partition coefficient (Wildman–Crippen LogP) is 4.10. The molecular formula is C12H21BrCl2N2S. The summed E-state index contributed by atoms with van der Waals surface area (Å²) in [7, 11) is 0. The topological polar surface area (TPSA) is 15.3 Å². The molecule has 0 aromatic carbocycles. The number of nitrogens with one attached hydrogen (secondary N) is 1. The molecular weight excluding hydrogens is 355 g/mol. The maximum absolute atomic E-state index is 3.67. The SMILES string of the molecule is CCC[C@@H](c1sccc1Br)N1CCNCC1.Cl.Cl. The molecule has 1 N–H and O–H groups in total. The van der Waals surface area contributed by atoms with Crippen molar-refractivity contribution < 1.29 is 0 Å². The quantitative estimate of drug-likeness (QED) is 0.851. The van der Waals surface area contributed by atoms with E-state index in [0.29, 0.717) is 6.04 Å². The second kappa shape index (κ2) is 9.56. The zero-order chi connectivity index (χ0) is 11.4. The molecule has 0 spiro atoms. The minimum Gasteiger partial charge on any atom is -0.314 e. The van der Waals surface area contributed by atoms with Gasteiger partial charge in [-0.1, -0.05) is 13.3 Å². The van der Waals surface area contributed by atoms with Gasteiger partial charge in [0, 0.05) is 41.6 Å². The highest BCUT2D eigenvalue weighted by Gasteiger charge is 2.23. The highest BCUT2D eigenvalue weighted by molar-refractivity contribution is 9.10. The third-order valence-electron chi connectivity index (χ3n) is 3.10. The zero-order valence-corrected chi connectivity index (χ0v) is 14.6. The maximum Gasteiger partial charge on any atom is 0.0453 e. The van der Waals surface area contributed by atoms with Crippen LogP contribution < -0.4 is 5.32 Å². The molecule has 18 heavy (non-hydrogen) atoms. The highest BCUT2D eigenvalue weighted by Crippen LogP contribution is 2.35. The van der Waals surface area contributed by atoms with Crippen molar-refractivity contribution in [3.63, 3.8) is 0 Å². The van der Waals surface area contributed by atoms with Crippen LogP contribution in [0.3, 0.4) is 0 Å². The largest absolute Gasteiger partial charge is 0.314 e. The Hall–Kier alpha value is 0.680. The van der Waals surface area contributed by atoms with E-state index in [1.54, 1.807) is 0 Å². The Morgan fingerprint density at radius 1 is 1.39 bits per heavy atom. The van der Waals surface area contributed by atoms with E-state index in [1.165, 1.54) is 35.3 Å². The van der Waals surface area contributed by atoms with Crippen molar-refractivity contribution in [1.29, 1.82) is 0 Å². The normalized spacial score (nSPS) is 17.7. The lowest BCUT2D eigenvalue weighted by Gasteiger charge is -2.34. The molecule has 2 nitrogen and oxygen atoms in total. The molecule has 0 amide bonds. The maximum atomic E-state index is 3.67. The summed E-state index contributed by atoms with van der Waals surface area (Å²) in [6.45, 7) is 6.88.